The highest BCUT2D eigenvalue weighted by molar-refractivity contribution is 7.89. The van der Waals surface area contributed by atoms with E-state index in [0.29, 0.717) is 12.3 Å². The summed E-state index contributed by atoms with van der Waals surface area (Å²) < 4.78 is 34.5. The highest BCUT2D eigenvalue weighted by Gasteiger charge is 2.37. The molecule has 0 bridgehead atoms. The number of ether oxygens (including phenoxy) is 1. The van der Waals surface area contributed by atoms with Gasteiger partial charge in [0.25, 0.3) is 0 Å². The minimum absolute atomic E-state index is 0.0589. The van der Waals surface area contributed by atoms with Crippen LogP contribution in [-0.4, -0.2) is 73.7 Å². The van der Waals surface area contributed by atoms with Gasteiger partial charge >= 0.3 is 0 Å². The maximum atomic E-state index is 13.4. The smallest absolute Gasteiger partial charge is 0.247 e. The third kappa shape index (κ3) is 4.61. The summed E-state index contributed by atoms with van der Waals surface area (Å²) >= 11 is 0. The lowest BCUT2D eigenvalue weighted by Gasteiger charge is -2.37. The molecule has 0 saturated carbocycles. The molecule has 3 rings (SSSR count). The Labute approximate surface area is 173 Å². The molecule has 3 atom stereocenters. The van der Waals surface area contributed by atoms with Crippen LogP contribution in [0.4, 0.5) is 0 Å². The molecule has 2 aromatic rings. The number of rotatable bonds is 5. The van der Waals surface area contributed by atoms with Gasteiger partial charge < -0.3 is 14.7 Å². The molecule has 0 amide bonds. The average molecular weight is 420 g/mol. The zero-order chi connectivity index (χ0) is 21.2. The van der Waals surface area contributed by atoms with Gasteiger partial charge in [-0.25, -0.2) is 8.42 Å². The van der Waals surface area contributed by atoms with Crippen molar-refractivity contribution in [1.82, 2.24) is 14.2 Å². The number of likely N-dealkylation sites (N-methyl/N-ethyl adjacent to an activating group) is 1. The molecule has 7 nitrogen and oxygen atoms in total. The zero-order valence-corrected chi connectivity index (χ0v) is 18.1. The van der Waals surface area contributed by atoms with Crippen molar-refractivity contribution in [3.63, 3.8) is 0 Å². The van der Waals surface area contributed by atoms with Gasteiger partial charge in [-0.1, -0.05) is 19.1 Å². The second-order valence-electron chi connectivity index (χ2n) is 7.91. The van der Waals surface area contributed by atoms with Crippen molar-refractivity contribution in [2.45, 2.75) is 30.9 Å². The molecule has 1 aromatic heterocycles. The molecule has 29 heavy (non-hydrogen) atoms. The van der Waals surface area contributed by atoms with Crippen LogP contribution in [0.15, 0.2) is 47.6 Å². The number of benzene rings is 1. The first-order chi connectivity index (χ1) is 13.7. The molecule has 0 fully saturated rings. The van der Waals surface area contributed by atoms with Gasteiger partial charge in [0, 0.05) is 43.0 Å². The minimum Gasteiger partial charge on any atom is -0.487 e. The number of pyridine rings is 1. The molecule has 0 aliphatic carbocycles. The molecule has 2 heterocycles. The van der Waals surface area contributed by atoms with Crippen LogP contribution in [0.3, 0.4) is 0 Å². The summed E-state index contributed by atoms with van der Waals surface area (Å²) in [4.78, 5) is 6.30. The molecule has 1 N–H and O–H groups in total. The molecule has 0 spiro atoms. The number of aliphatic hydroxyl groups excluding tert-OH is 1. The molecule has 0 saturated heterocycles. The van der Waals surface area contributed by atoms with Crippen molar-refractivity contribution < 1.29 is 18.3 Å². The lowest BCUT2D eigenvalue weighted by molar-refractivity contribution is 0.0813. The normalized spacial score (nSPS) is 23.0. The van der Waals surface area contributed by atoms with Crippen molar-refractivity contribution in [3.05, 3.63) is 42.7 Å². The van der Waals surface area contributed by atoms with E-state index < -0.39 is 16.1 Å². The van der Waals surface area contributed by atoms with E-state index in [9.17, 15) is 13.5 Å². The first-order valence-corrected chi connectivity index (χ1v) is 11.2. The molecule has 0 unspecified atom stereocenters. The van der Waals surface area contributed by atoms with Gasteiger partial charge in [0.15, 0.2) is 0 Å². The van der Waals surface area contributed by atoms with Crippen LogP contribution < -0.4 is 4.74 Å². The van der Waals surface area contributed by atoms with E-state index in [1.165, 1.54) is 4.31 Å². The van der Waals surface area contributed by atoms with E-state index >= 15 is 0 Å². The summed E-state index contributed by atoms with van der Waals surface area (Å²) in [5.74, 6) is 0.274. The molecule has 8 heteroatoms. The van der Waals surface area contributed by atoms with Crippen LogP contribution in [-0.2, 0) is 10.0 Å². The van der Waals surface area contributed by atoms with E-state index in [2.05, 4.69) is 4.98 Å². The second-order valence-corrected chi connectivity index (χ2v) is 9.76. The van der Waals surface area contributed by atoms with Gasteiger partial charge in [-0.05, 0) is 44.8 Å². The Kier molecular flexibility index (Phi) is 6.58. The van der Waals surface area contributed by atoms with E-state index in [0.717, 1.165) is 11.1 Å². The number of nitrogens with zero attached hydrogens (tertiary/aromatic N) is 3. The standard InChI is InChI=1S/C21H29N3O4S/c1-15-12-24(16(2)14-25)29(26,27)21-8-7-17(18-6-5-9-22-11-18)10-19(21)28-20(15)13-23(3)4/h5-11,15-16,20,25H,12-14H2,1-4H3/t15-,16-,20+/m0/s1. The number of sulfonamides is 1. The van der Waals surface area contributed by atoms with Crippen molar-refractivity contribution in [3.8, 4) is 16.9 Å². The fourth-order valence-corrected chi connectivity index (χ4v) is 5.34. The van der Waals surface area contributed by atoms with E-state index in [-0.39, 0.29) is 30.1 Å². The van der Waals surface area contributed by atoms with Crippen LogP contribution in [0.5, 0.6) is 5.75 Å². The molecular formula is C21H29N3O4S. The van der Waals surface area contributed by atoms with Gasteiger partial charge in [-0.3, -0.25) is 4.98 Å². The molecule has 1 aliphatic heterocycles. The second kappa shape index (κ2) is 8.79. The Balaban J connectivity index is 2.14. The fourth-order valence-electron chi connectivity index (χ4n) is 3.52. The highest BCUT2D eigenvalue weighted by atomic mass is 32.2. The maximum Gasteiger partial charge on any atom is 0.247 e. The first-order valence-electron chi connectivity index (χ1n) is 9.72. The van der Waals surface area contributed by atoms with Crippen LogP contribution in [0.1, 0.15) is 13.8 Å². The molecule has 0 radical (unpaired) electrons. The lowest BCUT2D eigenvalue weighted by Crippen LogP contribution is -2.49. The van der Waals surface area contributed by atoms with Crippen molar-refractivity contribution in [2.75, 3.05) is 33.8 Å². The average Bonchev–Trinajstić information content (AvgIpc) is 2.70. The van der Waals surface area contributed by atoms with Gasteiger partial charge in [-0.2, -0.15) is 4.31 Å². The third-order valence-electron chi connectivity index (χ3n) is 5.21. The molecule has 158 valence electrons. The zero-order valence-electron chi connectivity index (χ0n) is 17.3. The summed E-state index contributed by atoms with van der Waals surface area (Å²) in [5.41, 5.74) is 1.72. The monoisotopic (exact) mass is 419 g/mol. The number of hydrogen-bond acceptors (Lipinski definition) is 6. The predicted molar refractivity (Wildman–Crippen MR) is 112 cm³/mol. The Morgan fingerprint density at radius 3 is 2.69 bits per heavy atom. The Morgan fingerprint density at radius 2 is 2.07 bits per heavy atom. The lowest BCUT2D eigenvalue weighted by atomic mass is 10.0. The largest absolute Gasteiger partial charge is 0.487 e. The summed E-state index contributed by atoms with van der Waals surface area (Å²) in [5, 5.41) is 9.67. The van der Waals surface area contributed by atoms with Crippen LogP contribution >= 0.6 is 0 Å². The first kappa shape index (κ1) is 21.7. The predicted octanol–water partition coefficient (Wildman–Crippen LogP) is 2.08. The topological polar surface area (TPSA) is 83.0 Å². The summed E-state index contributed by atoms with van der Waals surface area (Å²) in [6.45, 7) is 4.40. The quantitative estimate of drug-likeness (QED) is 0.799. The Hall–Kier alpha value is -2.00. The summed E-state index contributed by atoms with van der Waals surface area (Å²) in [6, 6.07) is 8.37. The summed E-state index contributed by atoms with van der Waals surface area (Å²) in [7, 11) is 0.111. The van der Waals surface area contributed by atoms with E-state index in [1.54, 1.807) is 37.5 Å². The maximum absolute atomic E-state index is 13.4. The minimum atomic E-state index is -3.82. The number of hydrogen-bond donors (Lipinski definition) is 1. The molecule has 1 aromatic carbocycles. The SMILES string of the molecule is C[C@H]1CN([C@@H](C)CO)S(=O)(=O)c2ccc(-c3cccnc3)cc2O[C@@H]1CN(C)C. The number of aromatic nitrogens is 1. The van der Waals surface area contributed by atoms with E-state index in [1.807, 2.05) is 38.1 Å². The van der Waals surface area contributed by atoms with Gasteiger partial charge in [0.2, 0.25) is 10.0 Å². The van der Waals surface area contributed by atoms with Crippen LogP contribution in [0, 0.1) is 5.92 Å². The third-order valence-corrected chi connectivity index (χ3v) is 7.23. The van der Waals surface area contributed by atoms with Crippen molar-refractivity contribution >= 4 is 10.0 Å². The van der Waals surface area contributed by atoms with Crippen molar-refractivity contribution in [1.29, 1.82) is 0 Å². The van der Waals surface area contributed by atoms with Gasteiger partial charge in [0.05, 0.1) is 6.61 Å². The number of aliphatic hydroxyl groups is 1. The molecule has 1 aliphatic rings. The Bertz CT molecular complexity index is 934. The van der Waals surface area contributed by atoms with E-state index in [4.69, 9.17) is 4.74 Å². The fraction of sp³-hybridized carbons (Fsp3) is 0.476. The number of fused-ring (bicyclic) bond motifs is 1. The van der Waals surface area contributed by atoms with Crippen LogP contribution in [0.2, 0.25) is 0 Å². The molecular weight excluding hydrogens is 390 g/mol. The van der Waals surface area contributed by atoms with Gasteiger partial charge in [0.1, 0.15) is 16.7 Å². The van der Waals surface area contributed by atoms with Crippen molar-refractivity contribution in [2.24, 2.45) is 5.92 Å². The van der Waals surface area contributed by atoms with Crippen LogP contribution in [0.25, 0.3) is 11.1 Å². The summed E-state index contributed by atoms with van der Waals surface area (Å²) in [6.07, 6.45) is 3.23. The van der Waals surface area contributed by atoms with Gasteiger partial charge in [-0.15, -0.1) is 0 Å². The Morgan fingerprint density at radius 1 is 1.31 bits per heavy atom. The highest BCUT2D eigenvalue weighted by Crippen LogP contribution is 2.36.